The first-order chi connectivity index (χ1) is 13.0. The van der Waals surface area contributed by atoms with Crippen LogP contribution in [0.15, 0.2) is 51.8 Å². The van der Waals surface area contributed by atoms with Crippen LogP contribution in [0.25, 0.3) is 6.08 Å². The Morgan fingerprint density at radius 3 is 2.59 bits per heavy atom. The van der Waals surface area contributed by atoms with E-state index in [2.05, 4.69) is 27.3 Å². The predicted octanol–water partition coefficient (Wildman–Crippen LogP) is 4.27. The Labute approximate surface area is 174 Å². The Morgan fingerprint density at radius 2 is 1.93 bits per heavy atom. The molecule has 0 atom stereocenters. The molecule has 2 aromatic rings. The fourth-order valence-electron chi connectivity index (χ4n) is 2.26. The van der Waals surface area contributed by atoms with Gasteiger partial charge in [-0.3, -0.25) is 4.79 Å². The summed E-state index contributed by atoms with van der Waals surface area (Å²) in [5.74, 6) is 1.10. The number of benzene rings is 2. The number of hydrogen-bond acceptors (Lipinski definition) is 6. The normalized spacial score (nSPS) is 14.7. The van der Waals surface area contributed by atoms with Crippen LogP contribution in [0.3, 0.4) is 0 Å². The smallest absolute Gasteiger partial charge is 0.263 e. The zero-order valence-electron chi connectivity index (χ0n) is 13.9. The molecule has 0 saturated carbocycles. The lowest BCUT2D eigenvalue weighted by atomic mass is 10.2. The van der Waals surface area contributed by atoms with Gasteiger partial charge in [0.25, 0.3) is 5.91 Å². The molecular formula is C19H13BrN2O3S2. The average Bonchev–Trinajstić information content (AvgIpc) is 2.97. The first-order valence-electron chi connectivity index (χ1n) is 7.85. The van der Waals surface area contributed by atoms with Gasteiger partial charge in [0.05, 0.1) is 16.5 Å². The molecule has 1 aliphatic rings. The van der Waals surface area contributed by atoms with Crippen molar-refractivity contribution in [1.82, 2.24) is 5.32 Å². The maximum atomic E-state index is 11.9. The quantitative estimate of drug-likeness (QED) is 0.394. The van der Waals surface area contributed by atoms with Crippen LogP contribution in [-0.4, -0.2) is 23.4 Å². The van der Waals surface area contributed by atoms with Crippen molar-refractivity contribution in [1.29, 1.82) is 5.26 Å². The van der Waals surface area contributed by atoms with Crippen LogP contribution in [0, 0.1) is 11.3 Å². The van der Waals surface area contributed by atoms with Gasteiger partial charge in [0.15, 0.2) is 0 Å². The molecule has 0 aromatic heterocycles. The number of carbonyl (C=O) groups excluding carboxylic acids is 1. The average molecular weight is 461 g/mol. The second kappa shape index (κ2) is 9.04. The lowest BCUT2D eigenvalue weighted by Gasteiger charge is -2.11. The van der Waals surface area contributed by atoms with Gasteiger partial charge in [-0.05, 0) is 48.5 Å². The SMILES string of the molecule is N#Cc1ccc(OCCOc2ccc(Br)cc2C=C2SC(=S)NC2=O)cc1. The lowest BCUT2D eigenvalue weighted by Crippen LogP contribution is -2.17. The van der Waals surface area contributed by atoms with Crippen molar-refractivity contribution >= 4 is 56.2 Å². The maximum Gasteiger partial charge on any atom is 0.263 e. The molecule has 3 rings (SSSR count). The third kappa shape index (κ3) is 5.32. The zero-order valence-corrected chi connectivity index (χ0v) is 17.1. The van der Waals surface area contributed by atoms with E-state index < -0.39 is 0 Å². The predicted molar refractivity (Wildman–Crippen MR) is 113 cm³/mol. The molecule has 2 aromatic carbocycles. The molecule has 1 N–H and O–H groups in total. The molecule has 1 fully saturated rings. The Balaban J connectivity index is 1.63. The van der Waals surface area contributed by atoms with E-state index in [0.717, 1.165) is 10.0 Å². The number of thiocarbonyl (C=S) groups is 1. The van der Waals surface area contributed by atoms with Gasteiger partial charge in [-0.15, -0.1) is 0 Å². The summed E-state index contributed by atoms with van der Waals surface area (Å²) in [6, 6.07) is 14.5. The van der Waals surface area contributed by atoms with Crippen molar-refractivity contribution in [3.05, 3.63) is 63.0 Å². The van der Waals surface area contributed by atoms with Gasteiger partial charge < -0.3 is 14.8 Å². The first-order valence-corrected chi connectivity index (χ1v) is 9.87. The number of nitrogens with one attached hydrogen (secondary N) is 1. The maximum absolute atomic E-state index is 11.9. The van der Waals surface area contributed by atoms with Crippen molar-refractivity contribution in [2.45, 2.75) is 0 Å². The molecule has 5 nitrogen and oxygen atoms in total. The highest BCUT2D eigenvalue weighted by atomic mass is 79.9. The molecule has 0 unspecified atom stereocenters. The molecule has 1 amide bonds. The first kappa shape index (κ1) is 19.4. The molecule has 0 bridgehead atoms. The Kier molecular flexibility index (Phi) is 6.50. The minimum Gasteiger partial charge on any atom is -0.490 e. The number of carbonyl (C=O) groups is 1. The number of hydrogen-bond donors (Lipinski definition) is 1. The van der Waals surface area contributed by atoms with E-state index in [9.17, 15) is 4.79 Å². The number of nitrogens with zero attached hydrogens (tertiary/aromatic N) is 1. The molecule has 1 saturated heterocycles. The monoisotopic (exact) mass is 460 g/mol. The van der Waals surface area contributed by atoms with E-state index in [1.165, 1.54) is 11.8 Å². The summed E-state index contributed by atoms with van der Waals surface area (Å²) < 4.78 is 12.7. The van der Waals surface area contributed by atoms with Crippen LogP contribution >= 0.6 is 39.9 Å². The number of ether oxygens (including phenoxy) is 2. The van der Waals surface area contributed by atoms with Crippen LogP contribution in [0.4, 0.5) is 0 Å². The summed E-state index contributed by atoms with van der Waals surface area (Å²) >= 11 is 9.67. The Bertz CT molecular complexity index is 952. The lowest BCUT2D eigenvalue weighted by molar-refractivity contribution is -0.115. The molecule has 27 heavy (non-hydrogen) atoms. The summed E-state index contributed by atoms with van der Waals surface area (Å²) in [6.45, 7) is 0.673. The van der Waals surface area contributed by atoms with Gasteiger partial charge in [-0.25, -0.2) is 0 Å². The second-order valence-corrected chi connectivity index (χ2v) is 8.00. The summed E-state index contributed by atoms with van der Waals surface area (Å²) in [7, 11) is 0. The molecule has 0 radical (unpaired) electrons. The molecule has 0 aliphatic carbocycles. The highest BCUT2D eigenvalue weighted by Crippen LogP contribution is 2.31. The van der Waals surface area contributed by atoms with Gasteiger partial charge in [0.2, 0.25) is 0 Å². The van der Waals surface area contributed by atoms with Gasteiger partial charge in [-0.2, -0.15) is 5.26 Å². The van der Waals surface area contributed by atoms with Gasteiger partial charge in [-0.1, -0.05) is 39.9 Å². The summed E-state index contributed by atoms with van der Waals surface area (Å²) in [5, 5.41) is 11.4. The van der Waals surface area contributed by atoms with Crippen LogP contribution in [0.5, 0.6) is 11.5 Å². The minimum absolute atomic E-state index is 0.208. The van der Waals surface area contributed by atoms with Crippen molar-refractivity contribution in [2.75, 3.05) is 13.2 Å². The number of amides is 1. The van der Waals surface area contributed by atoms with Crippen molar-refractivity contribution in [3.63, 3.8) is 0 Å². The standard InChI is InChI=1S/C19H13BrN2O3S2/c20-14-3-6-16(13(9-14)10-17-18(23)22-19(26)27-17)25-8-7-24-15-4-1-12(11-21)2-5-15/h1-6,9-10H,7-8H2,(H,22,23,26). The Hall–Kier alpha value is -2.34. The fraction of sp³-hybridized carbons (Fsp3) is 0.105. The number of nitriles is 1. The summed E-state index contributed by atoms with van der Waals surface area (Å²) in [4.78, 5) is 12.4. The second-order valence-electron chi connectivity index (χ2n) is 5.37. The number of halogens is 1. The molecule has 1 aliphatic heterocycles. The topological polar surface area (TPSA) is 71.3 Å². The van der Waals surface area contributed by atoms with E-state index in [4.69, 9.17) is 27.0 Å². The highest BCUT2D eigenvalue weighted by Gasteiger charge is 2.22. The molecule has 0 spiro atoms. The van der Waals surface area contributed by atoms with Crippen LogP contribution < -0.4 is 14.8 Å². The zero-order chi connectivity index (χ0) is 19.2. The van der Waals surface area contributed by atoms with Gasteiger partial charge in [0, 0.05) is 10.0 Å². The van der Waals surface area contributed by atoms with E-state index >= 15 is 0 Å². The summed E-state index contributed by atoms with van der Waals surface area (Å²) in [5.41, 5.74) is 1.35. The van der Waals surface area contributed by atoms with Crippen molar-refractivity contribution < 1.29 is 14.3 Å². The molecular weight excluding hydrogens is 448 g/mol. The third-order valence-corrected chi connectivity index (χ3v) is 5.15. The minimum atomic E-state index is -0.208. The number of rotatable bonds is 6. The van der Waals surface area contributed by atoms with Crippen LogP contribution in [0.2, 0.25) is 0 Å². The number of thioether (sulfide) groups is 1. The van der Waals surface area contributed by atoms with Crippen LogP contribution in [0.1, 0.15) is 11.1 Å². The van der Waals surface area contributed by atoms with E-state index in [1.807, 2.05) is 18.2 Å². The van der Waals surface area contributed by atoms with Crippen molar-refractivity contribution in [2.24, 2.45) is 0 Å². The highest BCUT2D eigenvalue weighted by molar-refractivity contribution is 9.10. The summed E-state index contributed by atoms with van der Waals surface area (Å²) in [6.07, 6.45) is 1.75. The van der Waals surface area contributed by atoms with E-state index in [1.54, 1.807) is 30.3 Å². The largest absolute Gasteiger partial charge is 0.490 e. The molecule has 136 valence electrons. The third-order valence-electron chi connectivity index (χ3n) is 3.49. The van der Waals surface area contributed by atoms with Crippen molar-refractivity contribution in [3.8, 4) is 17.6 Å². The van der Waals surface area contributed by atoms with Gasteiger partial charge >= 0.3 is 0 Å². The van der Waals surface area contributed by atoms with Crippen LogP contribution in [-0.2, 0) is 4.79 Å². The fourth-order valence-corrected chi connectivity index (χ4v) is 3.68. The van der Waals surface area contributed by atoms with Gasteiger partial charge in [0.1, 0.15) is 29.0 Å². The molecule has 8 heteroatoms. The Morgan fingerprint density at radius 1 is 1.19 bits per heavy atom. The van der Waals surface area contributed by atoms with E-state index in [0.29, 0.717) is 39.5 Å². The molecule has 1 heterocycles. The van der Waals surface area contributed by atoms with E-state index in [-0.39, 0.29) is 5.91 Å².